The standard InChI is InChI=1S/C6H8S2/c1-5-3-8-4-6(5)2-7/h3-4,7H,2H2,1H3. The molecule has 0 aliphatic carbocycles. The third kappa shape index (κ3) is 1.06. The summed E-state index contributed by atoms with van der Waals surface area (Å²) < 4.78 is 0. The van der Waals surface area contributed by atoms with E-state index in [1.165, 1.54) is 11.1 Å². The lowest BCUT2D eigenvalue weighted by Crippen LogP contribution is -1.72. The van der Waals surface area contributed by atoms with Gasteiger partial charge in [0, 0.05) is 5.75 Å². The van der Waals surface area contributed by atoms with E-state index in [0.717, 1.165) is 5.75 Å². The molecule has 0 fully saturated rings. The Hall–Kier alpha value is 0.0500. The van der Waals surface area contributed by atoms with Crippen molar-refractivity contribution in [1.82, 2.24) is 0 Å². The number of thiophene rings is 1. The van der Waals surface area contributed by atoms with Crippen LogP contribution in [0.2, 0.25) is 0 Å². The molecule has 1 aromatic rings. The van der Waals surface area contributed by atoms with E-state index in [2.05, 4.69) is 30.3 Å². The SMILES string of the molecule is Cc1cscc1CS. The van der Waals surface area contributed by atoms with Gasteiger partial charge in [-0.05, 0) is 28.8 Å². The smallest absolute Gasteiger partial charge is 0.0165 e. The van der Waals surface area contributed by atoms with Crippen molar-refractivity contribution < 1.29 is 0 Å². The first-order valence-corrected chi connectivity index (χ1v) is 4.04. The summed E-state index contributed by atoms with van der Waals surface area (Å²) in [5, 5.41) is 4.29. The van der Waals surface area contributed by atoms with Crippen molar-refractivity contribution in [2.45, 2.75) is 12.7 Å². The highest BCUT2D eigenvalue weighted by Crippen LogP contribution is 2.14. The van der Waals surface area contributed by atoms with Crippen LogP contribution in [-0.2, 0) is 5.75 Å². The van der Waals surface area contributed by atoms with Gasteiger partial charge in [-0.2, -0.15) is 24.0 Å². The first-order valence-electron chi connectivity index (χ1n) is 2.47. The lowest BCUT2D eigenvalue weighted by molar-refractivity contribution is 1.37. The summed E-state index contributed by atoms with van der Waals surface area (Å²) in [5.41, 5.74) is 2.73. The van der Waals surface area contributed by atoms with Gasteiger partial charge in [-0.1, -0.05) is 0 Å². The molecule has 1 rings (SSSR count). The predicted molar refractivity (Wildman–Crippen MR) is 41.7 cm³/mol. The highest BCUT2D eigenvalue weighted by molar-refractivity contribution is 7.79. The Morgan fingerprint density at radius 1 is 1.62 bits per heavy atom. The van der Waals surface area contributed by atoms with Crippen LogP contribution >= 0.6 is 24.0 Å². The molecule has 0 aromatic carbocycles. The van der Waals surface area contributed by atoms with Crippen LogP contribution in [0.15, 0.2) is 10.8 Å². The van der Waals surface area contributed by atoms with E-state index in [9.17, 15) is 0 Å². The second kappa shape index (κ2) is 2.55. The molecule has 0 N–H and O–H groups in total. The van der Waals surface area contributed by atoms with Crippen LogP contribution < -0.4 is 0 Å². The topological polar surface area (TPSA) is 0 Å². The van der Waals surface area contributed by atoms with Crippen LogP contribution in [0.4, 0.5) is 0 Å². The average molecular weight is 144 g/mol. The Balaban J connectivity index is 2.92. The predicted octanol–water partition coefficient (Wildman–Crippen LogP) is 2.49. The van der Waals surface area contributed by atoms with Gasteiger partial charge in [0.1, 0.15) is 0 Å². The molecule has 0 unspecified atom stereocenters. The third-order valence-electron chi connectivity index (χ3n) is 1.13. The Labute approximate surface area is 59.0 Å². The second-order valence-electron chi connectivity index (χ2n) is 1.74. The van der Waals surface area contributed by atoms with Crippen molar-refractivity contribution >= 4 is 24.0 Å². The summed E-state index contributed by atoms with van der Waals surface area (Å²) in [6.07, 6.45) is 0. The maximum atomic E-state index is 4.15. The van der Waals surface area contributed by atoms with Crippen LogP contribution in [0.3, 0.4) is 0 Å². The molecule has 0 spiro atoms. The summed E-state index contributed by atoms with van der Waals surface area (Å²) >= 11 is 5.89. The maximum Gasteiger partial charge on any atom is 0.0165 e. The summed E-state index contributed by atoms with van der Waals surface area (Å²) in [6.45, 7) is 2.11. The lowest BCUT2D eigenvalue weighted by atomic mass is 10.2. The fourth-order valence-electron chi connectivity index (χ4n) is 0.549. The second-order valence-corrected chi connectivity index (χ2v) is 2.80. The van der Waals surface area contributed by atoms with Crippen molar-refractivity contribution in [3.05, 3.63) is 21.9 Å². The van der Waals surface area contributed by atoms with Crippen LogP contribution in [0, 0.1) is 6.92 Å². The van der Waals surface area contributed by atoms with Gasteiger partial charge in [-0.25, -0.2) is 0 Å². The van der Waals surface area contributed by atoms with E-state index in [-0.39, 0.29) is 0 Å². The highest BCUT2D eigenvalue weighted by Gasteiger charge is 1.92. The summed E-state index contributed by atoms with van der Waals surface area (Å²) in [4.78, 5) is 0. The largest absolute Gasteiger partial charge is 0.175 e. The first kappa shape index (κ1) is 6.17. The Morgan fingerprint density at radius 2 is 2.38 bits per heavy atom. The van der Waals surface area contributed by atoms with Crippen molar-refractivity contribution in [3.8, 4) is 0 Å². The van der Waals surface area contributed by atoms with Gasteiger partial charge in [-0.15, -0.1) is 0 Å². The molecule has 0 saturated carbocycles. The summed E-state index contributed by atoms with van der Waals surface area (Å²) in [5.74, 6) is 0.870. The zero-order valence-corrected chi connectivity index (χ0v) is 6.43. The van der Waals surface area contributed by atoms with Crippen molar-refractivity contribution in [2.75, 3.05) is 0 Å². The van der Waals surface area contributed by atoms with Gasteiger partial charge in [0.25, 0.3) is 0 Å². The number of aryl methyl sites for hydroxylation is 1. The minimum Gasteiger partial charge on any atom is -0.175 e. The normalized spacial score (nSPS) is 9.75. The van der Waals surface area contributed by atoms with E-state index in [1.54, 1.807) is 11.3 Å². The van der Waals surface area contributed by atoms with Crippen LogP contribution in [0.25, 0.3) is 0 Å². The van der Waals surface area contributed by atoms with Gasteiger partial charge in [0.15, 0.2) is 0 Å². The Bertz CT molecular complexity index is 167. The van der Waals surface area contributed by atoms with E-state index in [4.69, 9.17) is 0 Å². The molecule has 0 atom stereocenters. The quantitative estimate of drug-likeness (QED) is 0.575. The fourth-order valence-corrected chi connectivity index (χ4v) is 1.87. The van der Waals surface area contributed by atoms with E-state index < -0.39 is 0 Å². The van der Waals surface area contributed by atoms with Crippen molar-refractivity contribution in [2.24, 2.45) is 0 Å². The summed E-state index contributed by atoms with van der Waals surface area (Å²) in [6, 6.07) is 0. The first-order chi connectivity index (χ1) is 3.84. The number of hydrogen-bond acceptors (Lipinski definition) is 2. The van der Waals surface area contributed by atoms with Gasteiger partial charge in [-0.3, -0.25) is 0 Å². The van der Waals surface area contributed by atoms with Crippen LogP contribution in [-0.4, -0.2) is 0 Å². The molecule has 0 radical (unpaired) electrons. The number of thiol groups is 1. The Kier molecular flexibility index (Phi) is 1.97. The van der Waals surface area contributed by atoms with Crippen molar-refractivity contribution in [3.63, 3.8) is 0 Å². The monoisotopic (exact) mass is 144 g/mol. The number of hydrogen-bond donors (Lipinski definition) is 1. The molecule has 2 heteroatoms. The molecule has 1 heterocycles. The van der Waals surface area contributed by atoms with Gasteiger partial charge in [0.05, 0.1) is 0 Å². The molecule has 1 aromatic heterocycles. The zero-order valence-electron chi connectivity index (χ0n) is 4.72. The fraction of sp³-hybridized carbons (Fsp3) is 0.333. The van der Waals surface area contributed by atoms with E-state index >= 15 is 0 Å². The van der Waals surface area contributed by atoms with E-state index in [1.807, 2.05) is 0 Å². The lowest BCUT2D eigenvalue weighted by Gasteiger charge is -1.87. The average Bonchev–Trinajstić information content (AvgIpc) is 2.14. The third-order valence-corrected chi connectivity index (χ3v) is 2.38. The molecule has 0 nitrogen and oxygen atoms in total. The van der Waals surface area contributed by atoms with E-state index in [0.29, 0.717) is 0 Å². The highest BCUT2D eigenvalue weighted by atomic mass is 32.1. The molecule has 0 aliphatic rings. The zero-order chi connectivity index (χ0) is 5.98. The minimum absolute atomic E-state index is 0.870. The molecular weight excluding hydrogens is 136 g/mol. The number of rotatable bonds is 1. The summed E-state index contributed by atoms with van der Waals surface area (Å²) in [7, 11) is 0. The van der Waals surface area contributed by atoms with Crippen molar-refractivity contribution in [1.29, 1.82) is 0 Å². The molecular formula is C6H8S2. The van der Waals surface area contributed by atoms with Gasteiger partial charge < -0.3 is 0 Å². The maximum absolute atomic E-state index is 4.15. The Morgan fingerprint density at radius 3 is 2.62 bits per heavy atom. The molecule has 44 valence electrons. The molecule has 8 heavy (non-hydrogen) atoms. The minimum atomic E-state index is 0.870. The van der Waals surface area contributed by atoms with Crippen LogP contribution in [0.5, 0.6) is 0 Å². The van der Waals surface area contributed by atoms with Gasteiger partial charge in [0.2, 0.25) is 0 Å². The molecule has 0 amide bonds. The molecule has 0 aliphatic heterocycles. The van der Waals surface area contributed by atoms with Crippen LogP contribution in [0.1, 0.15) is 11.1 Å². The molecule has 0 bridgehead atoms. The molecule has 0 saturated heterocycles. The van der Waals surface area contributed by atoms with Gasteiger partial charge >= 0.3 is 0 Å².